The van der Waals surface area contributed by atoms with E-state index in [0.29, 0.717) is 0 Å². The molecule has 1 fully saturated rings. The highest BCUT2D eigenvalue weighted by Crippen LogP contribution is 2.25. The Morgan fingerprint density at radius 1 is 1.38 bits per heavy atom. The van der Waals surface area contributed by atoms with Gasteiger partial charge in [0.2, 0.25) is 0 Å². The average Bonchev–Trinajstić information content (AvgIpc) is 2.20. The molecular formula is C12H17BrN2S. The Morgan fingerprint density at radius 2 is 2.06 bits per heavy atom. The summed E-state index contributed by atoms with van der Waals surface area (Å²) in [4.78, 5) is 6.93. The SMILES string of the molecule is CC1CN(Cc2ccc(Br)cn2)CC(C)S1. The molecule has 0 bridgehead atoms. The molecular weight excluding hydrogens is 284 g/mol. The summed E-state index contributed by atoms with van der Waals surface area (Å²) in [7, 11) is 0. The van der Waals surface area contributed by atoms with E-state index in [4.69, 9.17) is 0 Å². The average molecular weight is 301 g/mol. The van der Waals surface area contributed by atoms with Crippen molar-refractivity contribution in [3.05, 3.63) is 28.5 Å². The molecule has 1 aliphatic heterocycles. The van der Waals surface area contributed by atoms with Crippen LogP contribution >= 0.6 is 27.7 Å². The summed E-state index contributed by atoms with van der Waals surface area (Å²) < 4.78 is 1.05. The van der Waals surface area contributed by atoms with Crippen LogP contribution in [0.5, 0.6) is 0 Å². The van der Waals surface area contributed by atoms with Gasteiger partial charge in [0.05, 0.1) is 5.69 Å². The zero-order valence-electron chi connectivity index (χ0n) is 9.69. The molecule has 2 unspecified atom stereocenters. The van der Waals surface area contributed by atoms with Crippen LogP contribution < -0.4 is 0 Å². The normalized spacial score (nSPS) is 26.9. The number of hydrogen-bond acceptors (Lipinski definition) is 3. The van der Waals surface area contributed by atoms with Crippen molar-refractivity contribution in [2.45, 2.75) is 30.9 Å². The van der Waals surface area contributed by atoms with Crippen LogP contribution in [0.1, 0.15) is 19.5 Å². The molecule has 0 N–H and O–H groups in total. The van der Waals surface area contributed by atoms with E-state index in [2.05, 4.69) is 63.6 Å². The van der Waals surface area contributed by atoms with Crippen molar-refractivity contribution in [1.29, 1.82) is 0 Å². The standard InChI is InChI=1S/C12H17BrN2S/c1-9-6-15(7-10(2)16-9)8-12-4-3-11(13)5-14-12/h3-5,9-10H,6-8H2,1-2H3. The first-order valence-electron chi connectivity index (χ1n) is 5.61. The molecule has 2 atom stereocenters. The van der Waals surface area contributed by atoms with Crippen LogP contribution in [-0.2, 0) is 6.54 Å². The van der Waals surface area contributed by atoms with Gasteiger partial charge in [-0.1, -0.05) is 13.8 Å². The quantitative estimate of drug-likeness (QED) is 0.835. The maximum absolute atomic E-state index is 4.43. The van der Waals surface area contributed by atoms with Crippen molar-refractivity contribution in [1.82, 2.24) is 9.88 Å². The molecule has 1 aliphatic rings. The molecule has 4 heteroatoms. The van der Waals surface area contributed by atoms with Gasteiger partial charge in [0.1, 0.15) is 0 Å². The van der Waals surface area contributed by atoms with Crippen molar-refractivity contribution in [3.8, 4) is 0 Å². The lowest BCUT2D eigenvalue weighted by molar-refractivity contribution is 0.260. The van der Waals surface area contributed by atoms with Gasteiger partial charge in [-0.05, 0) is 28.1 Å². The van der Waals surface area contributed by atoms with Crippen LogP contribution in [0, 0.1) is 0 Å². The summed E-state index contributed by atoms with van der Waals surface area (Å²) in [6.45, 7) is 7.94. The summed E-state index contributed by atoms with van der Waals surface area (Å²) in [5.41, 5.74) is 1.16. The third-order valence-corrected chi connectivity index (χ3v) is 4.37. The molecule has 2 heterocycles. The predicted molar refractivity (Wildman–Crippen MR) is 73.7 cm³/mol. The largest absolute Gasteiger partial charge is 0.295 e. The number of halogens is 1. The van der Waals surface area contributed by atoms with E-state index >= 15 is 0 Å². The first-order valence-corrected chi connectivity index (χ1v) is 7.35. The number of rotatable bonds is 2. The van der Waals surface area contributed by atoms with Gasteiger partial charge in [0, 0.05) is 40.8 Å². The Hall–Kier alpha value is -0.0600. The van der Waals surface area contributed by atoms with Crippen LogP contribution in [-0.4, -0.2) is 33.5 Å². The van der Waals surface area contributed by atoms with Crippen molar-refractivity contribution < 1.29 is 0 Å². The number of aromatic nitrogens is 1. The second-order valence-corrected chi connectivity index (χ2v) is 7.22. The third-order valence-electron chi connectivity index (χ3n) is 2.67. The number of hydrogen-bond donors (Lipinski definition) is 0. The minimum absolute atomic E-state index is 0.735. The van der Waals surface area contributed by atoms with Crippen molar-refractivity contribution in [2.75, 3.05) is 13.1 Å². The van der Waals surface area contributed by atoms with E-state index in [0.717, 1.165) is 27.2 Å². The molecule has 1 aromatic heterocycles. The fourth-order valence-corrected chi connectivity index (χ4v) is 3.76. The molecule has 0 amide bonds. The van der Waals surface area contributed by atoms with Gasteiger partial charge in [-0.3, -0.25) is 9.88 Å². The van der Waals surface area contributed by atoms with Crippen LogP contribution in [0.25, 0.3) is 0 Å². The van der Waals surface area contributed by atoms with Crippen molar-refractivity contribution in [2.24, 2.45) is 0 Å². The second-order valence-electron chi connectivity index (χ2n) is 4.42. The zero-order chi connectivity index (χ0) is 11.5. The van der Waals surface area contributed by atoms with E-state index in [1.54, 1.807) is 0 Å². The molecule has 1 aromatic rings. The van der Waals surface area contributed by atoms with E-state index < -0.39 is 0 Å². The summed E-state index contributed by atoms with van der Waals surface area (Å²) in [5.74, 6) is 0. The van der Waals surface area contributed by atoms with Gasteiger partial charge in [-0.15, -0.1) is 0 Å². The Bertz CT molecular complexity index is 331. The minimum Gasteiger partial charge on any atom is -0.295 e. The monoisotopic (exact) mass is 300 g/mol. The molecule has 0 saturated carbocycles. The maximum Gasteiger partial charge on any atom is 0.0544 e. The molecule has 2 rings (SSSR count). The van der Waals surface area contributed by atoms with Crippen LogP contribution in [0.4, 0.5) is 0 Å². The number of thioether (sulfide) groups is 1. The maximum atomic E-state index is 4.43. The van der Waals surface area contributed by atoms with Crippen molar-refractivity contribution in [3.63, 3.8) is 0 Å². The molecule has 0 spiro atoms. The summed E-state index contributed by atoms with van der Waals surface area (Å²) >= 11 is 5.50. The first-order chi connectivity index (χ1) is 7.63. The second kappa shape index (κ2) is 5.52. The molecule has 1 saturated heterocycles. The summed E-state index contributed by atoms with van der Waals surface area (Å²) in [6.07, 6.45) is 1.88. The highest BCUT2D eigenvalue weighted by atomic mass is 79.9. The van der Waals surface area contributed by atoms with Gasteiger partial charge >= 0.3 is 0 Å². The summed E-state index contributed by atoms with van der Waals surface area (Å²) in [6, 6.07) is 4.16. The Kier molecular flexibility index (Phi) is 4.27. The lowest BCUT2D eigenvalue weighted by Crippen LogP contribution is -2.39. The Balaban J connectivity index is 1.96. The topological polar surface area (TPSA) is 16.1 Å². The van der Waals surface area contributed by atoms with Crippen molar-refractivity contribution >= 4 is 27.7 Å². The molecule has 16 heavy (non-hydrogen) atoms. The van der Waals surface area contributed by atoms with Gasteiger partial charge in [-0.2, -0.15) is 11.8 Å². The summed E-state index contributed by atoms with van der Waals surface area (Å²) in [5, 5.41) is 1.47. The fraction of sp³-hybridized carbons (Fsp3) is 0.583. The van der Waals surface area contributed by atoms with Gasteiger partial charge in [0.15, 0.2) is 0 Å². The smallest absolute Gasteiger partial charge is 0.0544 e. The molecule has 0 aliphatic carbocycles. The van der Waals surface area contributed by atoms with Crippen LogP contribution in [0.3, 0.4) is 0 Å². The van der Waals surface area contributed by atoms with Gasteiger partial charge < -0.3 is 0 Å². The van der Waals surface area contributed by atoms with E-state index in [-0.39, 0.29) is 0 Å². The fourth-order valence-electron chi connectivity index (χ4n) is 2.14. The van der Waals surface area contributed by atoms with Crippen LogP contribution in [0.15, 0.2) is 22.8 Å². The number of nitrogens with zero attached hydrogens (tertiary/aromatic N) is 2. The van der Waals surface area contributed by atoms with E-state index in [9.17, 15) is 0 Å². The lowest BCUT2D eigenvalue weighted by atomic mass is 10.3. The number of pyridine rings is 1. The highest BCUT2D eigenvalue weighted by Gasteiger charge is 2.22. The molecule has 88 valence electrons. The minimum atomic E-state index is 0.735. The van der Waals surface area contributed by atoms with Gasteiger partial charge in [-0.25, -0.2) is 0 Å². The molecule has 0 radical (unpaired) electrons. The zero-order valence-corrected chi connectivity index (χ0v) is 12.1. The Labute approximate surface area is 110 Å². The van der Waals surface area contributed by atoms with E-state index in [1.807, 2.05) is 6.20 Å². The predicted octanol–water partition coefficient (Wildman–Crippen LogP) is 3.17. The Morgan fingerprint density at radius 3 is 2.62 bits per heavy atom. The molecule has 0 aromatic carbocycles. The first kappa shape index (κ1) is 12.4. The van der Waals surface area contributed by atoms with Crippen LogP contribution in [0.2, 0.25) is 0 Å². The van der Waals surface area contributed by atoms with Gasteiger partial charge in [0.25, 0.3) is 0 Å². The third kappa shape index (κ3) is 3.47. The highest BCUT2D eigenvalue weighted by molar-refractivity contribution is 9.10. The van der Waals surface area contributed by atoms with E-state index in [1.165, 1.54) is 13.1 Å². The molecule has 2 nitrogen and oxygen atoms in total. The lowest BCUT2D eigenvalue weighted by Gasteiger charge is -2.34.